The van der Waals surface area contributed by atoms with E-state index in [9.17, 15) is 4.79 Å². The van der Waals surface area contributed by atoms with E-state index in [0.717, 1.165) is 4.47 Å². The molecule has 2 rings (SSSR count). The van der Waals surface area contributed by atoms with Crippen LogP contribution in [-0.2, 0) is 0 Å². The second-order valence-corrected chi connectivity index (χ2v) is 4.54. The van der Waals surface area contributed by atoms with Gasteiger partial charge in [-0.15, -0.1) is 0 Å². The quantitative estimate of drug-likeness (QED) is 0.902. The third kappa shape index (κ3) is 3.19. The molecule has 3 N–H and O–H groups in total. The number of hydrogen-bond acceptors (Lipinski definition) is 5. The number of ether oxygens (including phenoxy) is 1. The highest BCUT2D eigenvalue weighted by Crippen LogP contribution is 2.28. The summed E-state index contributed by atoms with van der Waals surface area (Å²) in [6.07, 6.45) is 2.64. The number of nitrogens with zero attached hydrogens (tertiary/aromatic N) is 2. The van der Waals surface area contributed by atoms with Crippen LogP contribution in [0.4, 0.5) is 11.5 Å². The van der Waals surface area contributed by atoms with E-state index in [0.29, 0.717) is 11.4 Å². The number of hydrogen-bond donors (Lipinski definition) is 2. The van der Waals surface area contributed by atoms with Crippen LogP contribution < -0.4 is 15.8 Å². The fraction of sp³-hybridized carbons (Fsp3) is 0.0833. The Morgan fingerprint density at radius 3 is 2.79 bits per heavy atom. The van der Waals surface area contributed by atoms with Crippen LogP contribution in [0.3, 0.4) is 0 Å². The molecule has 0 saturated heterocycles. The third-order valence-electron chi connectivity index (χ3n) is 2.31. The molecular weight excluding hydrogens is 312 g/mol. The monoisotopic (exact) mass is 322 g/mol. The number of carbonyl (C=O) groups excluding carboxylic acids is 1. The minimum absolute atomic E-state index is 0.177. The Hall–Kier alpha value is -2.15. The minimum Gasteiger partial charge on any atom is -0.495 e. The van der Waals surface area contributed by atoms with E-state index in [1.165, 1.54) is 19.5 Å². The van der Waals surface area contributed by atoms with Gasteiger partial charge in [0.1, 0.15) is 17.3 Å². The maximum absolute atomic E-state index is 12.0. The van der Waals surface area contributed by atoms with E-state index in [2.05, 4.69) is 31.2 Å². The lowest BCUT2D eigenvalue weighted by Crippen LogP contribution is -2.15. The predicted octanol–water partition coefficient (Wildman–Crippen LogP) is 2.08. The molecule has 0 bridgehead atoms. The van der Waals surface area contributed by atoms with Gasteiger partial charge in [-0.3, -0.25) is 4.79 Å². The number of anilines is 2. The molecule has 1 aromatic heterocycles. The molecule has 0 atom stereocenters. The number of halogens is 1. The van der Waals surface area contributed by atoms with Gasteiger partial charge in [-0.1, -0.05) is 15.9 Å². The summed E-state index contributed by atoms with van der Waals surface area (Å²) >= 11 is 3.33. The first-order valence-electron chi connectivity index (χ1n) is 5.32. The molecule has 1 aromatic carbocycles. The third-order valence-corrected chi connectivity index (χ3v) is 2.81. The molecular formula is C12H11BrN4O2. The number of methoxy groups -OCH3 is 1. The molecule has 0 unspecified atom stereocenters. The molecule has 0 aliphatic rings. The van der Waals surface area contributed by atoms with E-state index in [-0.39, 0.29) is 17.4 Å². The molecule has 0 radical (unpaired) electrons. The first-order chi connectivity index (χ1) is 9.10. The van der Waals surface area contributed by atoms with Crippen molar-refractivity contribution in [2.24, 2.45) is 0 Å². The van der Waals surface area contributed by atoms with Crippen LogP contribution in [0, 0.1) is 0 Å². The van der Waals surface area contributed by atoms with Crippen molar-refractivity contribution in [3.05, 3.63) is 40.8 Å². The zero-order chi connectivity index (χ0) is 13.8. The van der Waals surface area contributed by atoms with E-state index < -0.39 is 0 Å². The maximum atomic E-state index is 12.0. The Kier molecular flexibility index (Phi) is 3.96. The summed E-state index contributed by atoms with van der Waals surface area (Å²) in [6.45, 7) is 0. The number of nitrogens with one attached hydrogen (secondary N) is 1. The number of aromatic nitrogens is 2. The summed E-state index contributed by atoms with van der Waals surface area (Å²) in [5, 5.41) is 2.70. The topological polar surface area (TPSA) is 90.1 Å². The zero-order valence-electron chi connectivity index (χ0n) is 10.1. The standard InChI is InChI=1S/C12H11BrN4O2/c1-19-10-3-2-7(13)4-8(10)17-12(18)9-5-16-11(14)6-15-9/h2-6H,1H3,(H2,14,16)(H,17,18). The number of benzene rings is 1. The van der Waals surface area contributed by atoms with Gasteiger partial charge in [0.05, 0.1) is 25.2 Å². The van der Waals surface area contributed by atoms with Gasteiger partial charge in [-0.25, -0.2) is 9.97 Å². The molecule has 0 spiro atoms. The van der Waals surface area contributed by atoms with Crippen LogP contribution in [-0.4, -0.2) is 23.0 Å². The summed E-state index contributed by atoms with van der Waals surface area (Å²) in [7, 11) is 1.53. The normalized spacial score (nSPS) is 10.0. The zero-order valence-corrected chi connectivity index (χ0v) is 11.6. The van der Waals surface area contributed by atoms with Crippen LogP contribution >= 0.6 is 15.9 Å². The SMILES string of the molecule is COc1ccc(Br)cc1NC(=O)c1cnc(N)cn1. The largest absolute Gasteiger partial charge is 0.495 e. The van der Waals surface area contributed by atoms with Crippen molar-refractivity contribution in [3.8, 4) is 5.75 Å². The Balaban J connectivity index is 2.23. The van der Waals surface area contributed by atoms with Crippen LogP contribution in [0.5, 0.6) is 5.75 Å². The molecule has 0 saturated carbocycles. The fourth-order valence-corrected chi connectivity index (χ4v) is 1.78. The lowest BCUT2D eigenvalue weighted by Gasteiger charge is -2.10. The maximum Gasteiger partial charge on any atom is 0.275 e. The van der Waals surface area contributed by atoms with Crippen LogP contribution in [0.15, 0.2) is 35.1 Å². The average molecular weight is 323 g/mol. The Morgan fingerprint density at radius 1 is 1.37 bits per heavy atom. The number of nitrogens with two attached hydrogens (primary N) is 1. The van der Waals surface area contributed by atoms with Crippen molar-refractivity contribution in [2.75, 3.05) is 18.2 Å². The first kappa shape index (κ1) is 13.3. The highest BCUT2D eigenvalue weighted by molar-refractivity contribution is 9.10. The smallest absolute Gasteiger partial charge is 0.275 e. The van der Waals surface area contributed by atoms with Crippen molar-refractivity contribution in [1.29, 1.82) is 0 Å². The van der Waals surface area contributed by atoms with E-state index in [4.69, 9.17) is 10.5 Å². The second kappa shape index (κ2) is 5.66. The molecule has 19 heavy (non-hydrogen) atoms. The number of rotatable bonds is 3. The summed E-state index contributed by atoms with van der Waals surface area (Å²) < 4.78 is 5.99. The summed E-state index contributed by atoms with van der Waals surface area (Å²) in [4.78, 5) is 19.7. The van der Waals surface area contributed by atoms with Crippen molar-refractivity contribution < 1.29 is 9.53 Å². The van der Waals surface area contributed by atoms with E-state index in [1.54, 1.807) is 12.1 Å². The Bertz CT molecular complexity index is 601. The van der Waals surface area contributed by atoms with Crippen molar-refractivity contribution in [1.82, 2.24) is 9.97 Å². The van der Waals surface area contributed by atoms with Gasteiger partial charge in [-0.05, 0) is 18.2 Å². The van der Waals surface area contributed by atoms with Crippen molar-refractivity contribution in [2.45, 2.75) is 0 Å². The second-order valence-electron chi connectivity index (χ2n) is 3.63. The number of nitrogen functional groups attached to an aromatic ring is 1. The summed E-state index contributed by atoms with van der Waals surface area (Å²) in [5.74, 6) is 0.431. The molecule has 6 nitrogen and oxygen atoms in total. The van der Waals surface area contributed by atoms with Crippen molar-refractivity contribution in [3.63, 3.8) is 0 Å². The van der Waals surface area contributed by atoms with Gasteiger partial charge < -0.3 is 15.8 Å². The number of carbonyl (C=O) groups is 1. The van der Waals surface area contributed by atoms with Gasteiger partial charge in [0.25, 0.3) is 5.91 Å². The molecule has 1 heterocycles. The Morgan fingerprint density at radius 2 is 2.16 bits per heavy atom. The van der Waals surface area contributed by atoms with Crippen molar-refractivity contribution >= 4 is 33.3 Å². The highest BCUT2D eigenvalue weighted by atomic mass is 79.9. The molecule has 2 aromatic rings. The molecule has 0 aliphatic heterocycles. The summed E-state index contributed by atoms with van der Waals surface area (Å²) in [5.41, 5.74) is 6.13. The van der Waals surface area contributed by atoms with Crippen LogP contribution in [0.1, 0.15) is 10.5 Å². The molecule has 0 aliphatic carbocycles. The van der Waals surface area contributed by atoms with Gasteiger partial charge in [0.2, 0.25) is 0 Å². The van der Waals surface area contributed by atoms with Gasteiger partial charge >= 0.3 is 0 Å². The molecule has 0 fully saturated rings. The van der Waals surface area contributed by atoms with Crippen LogP contribution in [0.2, 0.25) is 0 Å². The van der Waals surface area contributed by atoms with Gasteiger partial charge in [0.15, 0.2) is 0 Å². The number of amides is 1. The average Bonchev–Trinajstić information content (AvgIpc) is 2.39. The summed E-state index contributed by atoms with van der Waals surface area (Å²) in [6, 6.07) is 5.30. The van der Waals surface area contributed by atoms with Crippen LogP contribution in [0.25, 0.3) is 0 Å². The van der Waals surface area contributed by atoms with Gasteiger partial charge in [0, 0.05) is 4.47 Å². The fourth-order valence-electron chi connectivity index (χ4n) is 1.42. The first-order valence-corrected chi connectivity index (χ1v) is 6.12. The lowest BCUT2D eigenvalue weighted by atomic mass is 10.3. The predicted molar refractivity (Wildman–Crippen MR) is 75.1 cm³/mol. The Labute approximate surface area is 118 Å². The van der Waals surface area contributed by atoms with Gasteiger partial charge in [-0.2, -0.15) is 0 Å². The van der Waals surface area contributed by atoms with E-state index in [1.807, 2.05) is 6.07 Å². The highest BCUT2D eigenvalue weighted by Gasteiger charge is 2.11. The van der Waals surface area contributed by atoms with E-state index >= 15 is 0 Å². The molecule has 1 amide bonds. The molecule has 98 valence electrons. The lowest BCUT2D eigenvalue weighted by molar-refractivity contribution is 0.102. The molecule has 7 heteroatoms. The minimum atomic E-state index is -0.385.